The molecule has 0 amide bonds. The molecule has 2 aromatic heterocycles. The summed E-state index contributed by atoms with van der Waals surface area (Å²) >= 11 is 8.92. The van der Waals surface area contributed by atoms with Gasteiger partial charge in [0.25, 0.3) is 0 Å². The van der Waals surface area contributed by atoms with Gasteiger partial charge in [0.1, 0.15) is 17.9 Å². The predicted octanol–water partition coefficient (Wildman–Crippen LogP) is 3.40. The lowest BCUT2D eigenvalue weighted by atomic mass is 10.3. The molecule has 0 aliphatic rings. The summed E-state index contributed by atoms with van der Waals surface area (Å²) in [6, 6.07) is 4.18. The van der Waals surface area contributed by atoms with Crippen LogP contribution in [-0.4, -0.2) is 24.5 Å². The van der Waals surface area contributed by atoms with E-state index in [0.717, 1.165) is 0 Å². The average Bonchev–Trinajstić information content (AvgIpc) is 2.96. The van der Waals surface area contributed by atoms with E-state index in [1.54, 1.807) is 17.0 Å². The lowest BCUT2D eigenvalue weighted by Crippen LogP contribution is -2.03. The van der Waals surface area contributed by atoms with Gasteiger partial charge in [-0.2, -0.15) is 15.0 Å². The van der Waals surface area contributed by atoms with Crippen molar-refractivity contribution in [3.63, 3.8) is 0 Å². The fourth-order valence-electron chi connectivity index (χ4n) is 1.51. The van der Waals surface area contributed by atoms with Crippen molar-refractivity contribution in [2.75, 3.05) is 0 Å². The van der Waals surface area contributed by atoms with Crippen LogP contribution in [0.4, 0.5) is 4.39 Å². The Balaban J connectivity index is 1.93. The molecule has 2 heterocycles. The summed E-state index contributed by atoms with van der Waals surface area (Å²) in [6.45, 7) is 0. The Labute approximate surface area is 131 Å². The molecular formula is C12H6BrClFN5O. The zero-order chi connectivity index (χ0) is 14.8. The molecule has 0 saturated carbocycles. The molecule has 0 fully saturated rings. The molecule has 0 aliphatic carbocycles. The maximum Gasteiger partial charge on any atom is 0.328 e. The number of aromatic nitrogens is 5. The largest absolute Gasteiger partial charge is 0.424 e. The van der Waals surface area contributed by atoms with Gasteiger partial charge >= 0.3 is 6.01 Å². The van der Waals surface area contributed by atoms with Crippen molar-refractivity contribution in [1.29, 1.82) is 0 Å². The van der Waals surface area contributed by atoms with E-state index in [1.807, 2.05) is 0 Å². The summed E-state index contributed by atoms with van der Waals surface area (Å²) < 4.78 is 20.5. The smallest absolute Gasteiger partial charge is 0.328 e. The minimum atomic E-state index is -0.393. The van der Waals surface area contributed by atoms with Crippen LogP contribution >= 0.6 is 27.5 Å². The summed E-state index contributed by atoms with van der Waals surface area (Å²) in [5, 5.41) is -0.0233. The van der Waals surface area contributed by atoms with Gasteiger partial charge in [0, 0.05) is 12.4 Å². The zero-order valence-electron chi connectivity index (χ0n) is 10.2. The summed E-state index contributed by atoms with van der Waals surface area (Å²) in [7, 11) is 0. The predicted molar refractivity (Wildman–Crippen MR) is 76.1 cm³/mol. The van der Waals surface area contributed by atoms with Gasteiger partial charge < -0.3 is 4.74 Å². The van der Waals surface area contributed by atoms with E-state index in [-0.39, 0.29) is 21.7 Å². The molecule has 3 aromatic rings. The van der Waals surface area contributed by atoms with E-state index in [0.29, 0.717) is 5.75 Å². The number of benzene rings is 1. The van der Waals surface area contributed by atoms with Gasteiger partial charge in [0.05, 0.1) is 4.47 Å². The summed E-state index contributed by atoms with van der Waals surface area (Å²) in [6.07, 6.45) is 4.75. The SMILES string of the molecule is Fc1ccc(Oc2nc(Cl)nc(-n3ccnc3)n2)cc1Br. The fraction of sp³-hybridized carbons (Fsp3) is 0. The molecule has 3 rings (SSSR count). The van der Waals surface area contributed by atoms with Crippen LogP contribution in [0.2, 0.25) is 5.28 Å². The number of rotatable bonds is 3. The zero-order valence-corrected chi connectivity index (χ0v) is 12.6. The van der Waals surface area contributed by atoms with Crippen molar-refractivity contribution >= 4 is 27.5 Å². The summed E-state index contributed by atoms with van der Waals surface area (Å²) in [4.78, 5) is 15.8. The molecule has 0 bridgehead atoms. The van der Waals surface area contributed by atoms with Crippen molar-refractivity contribution in [2.45, 2.75) is 0 Å². The molecule has 0 spiro atoms. The van der Waals surface area contributed by atoms with E-state index >= 15 is 0 Å². The number of imidazole rings is 1. The average molecular weight is 371 g/mol. The highest BCUT2D eigenvalue weighted by Crippen LogP contribution is 2.25. The van der Waals surface area contributed by atoms with Crippen LogP contribution in [0.15, 0.2) is 41.4 Å². The van der Waals surface area contributed by atoms with E-state index in [9.17, 15) is 4.39 Å². The Kier molecular flexibility index (Phi) is 3.80. The van der Waals surface area contributed by atoms with Crippen LogP contribution in [-0.2, 0) is 0 Å². The third-order valence-corrected chi connectivity index (χ3v) is 3.19. The Morgan fingerprint density at radius 2 is 2.10 bits per heavy atom. The van der Waals surface area contributed by atoms with E-state index in [4.69, 9.17) is 16.3 Å². The molecule has 21 heavy (non-hydrogen) atoms. The standard InChI is InChI=1S/C12H6BrClFN5O/c13-8-5-7(1-2-9(8)15)21-12-18-10(14)17-11(19-12)20-4-3-16-6-20/h1-6H. The number of nitrogens with zero attached hydrogens (tertiary/aromatic N) is 5. The highest BCUT2D eigenvalue weighted by atomic mass is 79.9. The topological polar surface area (TPSA) is 65.7 Å². The van der Waals surface area contributed by atoms with Gasteiger partial charge in [-0.3, -0.25) is 4.57 Å². The Hall–Kier alpha value is -2.06. The Morgan fingerprint density at radius 3 is 2.81 bits per heavy atom. The van der Waals surface area contributed by atoms with Gasteiger partial charge in [-0.15, -0.1) is 0 Å². The van der Waals surface area contributed by atoms with Crippen LogP contribution in [0, 0.1) is 5.82 Å². The molecule has 0 radical (unpaired) electrons. The molecule has 106 valence electrons. The van der Waals surface area contributed by atoms with Gasteiger partial charge in [-0.25, -0.2) is 9.37 Å². The number of hydrogen-bond donors (Lipinski definition) is 0. The molecule has 0 unspecified atom stereocenters. The van der Waals surface area contributed by atoms with Gasteiger partial charge in [0.2, 0.25) is 11.2 Å². The second-order valence-corrected chi connectivity index (χ2v) is 5.03. The van der Waals surface area contributed by atoms with E-state index in [2.05, 4.69) is 35.9 Å². The fourth-order valence-corrected chi connectivity index (χ4v) is 2.01. The monoisotopic (exact) mass is 369 g/mol. The number of halogens is 3. The summed E-state index contributed by atoms with van der Waals surface area (Å²) in [5.74, 6) is 0.237. The van der Waals surface area contributed by atoms with E-state index in [1.165, 1.54) is 24.5 Å². The van der Waals surface area contributed by atoms with Crippen molar-refractivity contribution in [3.8, 4) is 17.7 Å². The van der Waals surface area contributed by atoms with E-state index < -0.39 is 5.82 Å². The van der Waals surface area contributed by atoms with Crippen molar-refractivity contribution in [3.05, 3.63) is 52.5 Å². The minimum absolute atomic E-state index is 0.00259. The first-order valence-electron chi connectivity index (χ1n) is 5.64. The van der Waals surface area contributed by atoms with Crippen molar-refractivity contribution in [1.82, 2.24) is 24.5 Å². The van der Waals surface area contributed by atoms with Gasteiger partial charge in [0.15, 0.2) is 0 Å². The molecule has 1 aromatic carbocycles. The maximum absolute atomic E-state index is 13.2. The molecular weight excluding hydrogens is 365 g/mol. The van der Waals surface area contributed by atoms with Crippen LogP contribution in [0.5, 0.6) is 11.8 Å². The minimum Gasteiger partial charge on any atom is -0.424 e. The normalized spacial score (nSPS) is 10.6. The molecule has 0 atom stereocenters. The van der Waals surface area contributed by atoms with Gasteiger partial charge in [-0.05, 0) is 45.7 Å². The highest BCUT2D eigenvalue weighted by Gasteiger charge is 2.10. The lowest BCUT2D eigenvalue weighted by Gasteiger charge is -2.06. The third-order valence-electron chi connectivity index (χ3n) is 2.41. The van der Waals surface area contributed by atoms with Crippen LogP contribution in [0.1, 0.15) is 0 Å². The van der Waals surface area contributed by atoms with Crippen LogP contribution in [0.25, 0.3) is 5.95 Å². The molecule has 9 heteroatoms. The first-order valence-corrected chi connectivity index (χ1v) is 6.82. The first-order chi connectivity index (χ1) is 10.1. The Morgan fingerprint density at radius 1 is 1.24 bits per heavy atom. The number of hydrogen-bond acceptors (Lipinski definition) is 5. The van der Waals surface area contributed by atoms with Gasteiger partial charge in [-0.1, -0.05) is 0 Å². The maximum atomic E-state index is 13.2. The second kappa shape index (κ2) is 5.74. The highest BCUT2D eigenvalue weighted by molar-refractivity contribution is 9.10. The quantitative estimate of drug-likeness (QED) is 0.707. The van der Waals surface area contributed by atoms with Crippen molar-refractivity contribution < 1.29 is 9.13 Å². The van der Waals surface area contributed by atoms with Crippen LogP contribution < -0.4 is 4.74 Å². The van der Waals surface area contributed by atoms with Crippen molar-refractivity contribution in [2.24, 2.45) is 0 Å². The van der Waals surface area contributed by atoms with Crippen LogP contribution in [0.3, 0.4) is 0 Å². The third kappa shape index (κ3) is 3.17. The second-order valence-electron chi connectivity index (χ2n) is 3.83. The Bertz CT molecular complexity index is 783. The molecule has 0 saturated heterocycles. The number of ether oxygens (including phenoxy) is 1. The molecule has 0 aliphatic heterocycles. The lowest BCUT2D eigenvalue weighted by molar-refractivity contribution is 0.436. The summed E-state index contributed by atoms with van der Waals surface area (Å²) in [5.41, 5.74) is 0. The molecule has 6 nitrogen and oxygen atoms in total. The molecule has 0 N–H and O–H groups in total. The first kappa shape index (κ1) is 13.9.